The third-order valence-corrected chi connectivity index (χ3v) is 4.60. The molecule has 1 atom stereocenters. The van der Waals surface area contributed by atoms with Crippen molar-refractivity contribution in [1.29, 1.82) is 0 Å². The highest BCUT2D eigenvalue weighted by atomic mass is 32.2. The normalized spacial score (nSPS) is 11.8. The van der Waals surface area contributed by atoms with Crippen LogP contribution in [0.4, 0.5) is 0 Å². The second kappa shape index (κ2) is 9.33. The quantitative estimate of drug-likeness (QED) is 0.546. The highest BCUT2D eigenvalue weighted by Crippen LogP contribution is 2.14. The van der Waals surface area contributed by atoms with Crippen LogP contribution >= 0.6 is 11.8 Å². The van der Waals surface area contributed by atoms with Gasteiger partial charge in [0.2, 0.25) is 5.91 Å². The lowest BCUT2D eigenvalue weighted by Crippen LogP contribution is -2.35. The molecule has 0 fully saturated rings. The van der Waals surface area contributed by atoms with Gasteiger partial charge in [-0.3, -0.25) is 9.59 Å². The molecule has 0 bridgehead atoms. The van der Waals surface area contributed by atoms with Gasteiger partial charge in [0.1, 0.15) is 0 Å². The number of carbonyl (C=O) groups excluding carboxylic acids is 1. The van der Waals surface area contributed by atoms with Gasteiger partial charge >= 0.3 is 5.97 Å². The Morgan fingerprint density at radius 1 is 1.15 bits per heavy atom. The topological polar surface area (TPSA) is 92.2 Å². The zero-order valence-corrected chi connectivity index (χ0v) is 16.0. The number of carbonyl (C=O) groups is 2. The first-order valence-electron chi connectivity index (χ1n) is 8.33. The number of aromatic nitrogens is 2. The van der Waals surface area contributed by atoms with Gasteiger partial charge in [0, 0.05) is 17.9 Å². The van der Waals surface area contributed by atoms with Crippen molar-refractivity contribution in [3.8, 4) is 0 Å². The Morgan fingerprint density at radius 2 is 1.85 bits per heavy atom. The third-order valence-electron chi connectivity index (χ3n) is 3.75. The Kier molecular flexibility index (Phi) is 7.15. The monoisotopic (exact) mass is 373 g/mol. The largest absolute Gasteiger partial charge is 0.481 e. The molecule has 2 rings (SSSR count). The number of aliphatic carboxylic acids is 1. The van der Waals surface area contributed by atoms with E-state index in [1.54, 1.807) is 0 Å². The van der Waals surface area contributed by atoms with Gasteiger partial charge in [-0.15, -0.1) is 0 Å². The van der Waals surface area contributed by atoms with Crippen molar-refractivity contribution in [2.45, 2.75) is 32.3 Å². The van der Waals surface area contributed by atoms with Crippen LogP contribution in [0.3, 0.4) is 0 Å². The number of rotatable bonds is 8. The number of nitrogens with zero attached hydrogens (tertiary/aromatic N) is 2. The molecule has 1 aromatic carbocycles. The summed E-state index contributed by atoms with van der Waals surface area (Å²) in [4.78, 5) is 32.1. The minimum absolute atomic E-state index is 0.0936. The van der Waals surface area contributed by atoms with Gasteiger partial charge in [-0.1, -0.05) is 41.6 Å². The number of nitrogens with one attached hydrogen (secondary N) is 1. The summed E-state index contributed by atoms with van der Waals surface area (Å²) in [5, 5.41) is 12.7. The number of hydrogen-bond acceptors (Lipinski definition) is 5. The summed E-state index contributed by atoms with van der Waals surface area (Å²) >= 11 is 1.24. The lowest BCUT2D eigenvalue weighted by molar-refractivity contribution is -0.141. The Labute approximate surface area is 157 Å². The lowest BCUT2D eigenvalue weighted by Gasteiger charge is -2.14. The highest BCUT2D eigenvalue weighted by molar-refractivity contribution is 7.99. The first kappa shape index (κ1) is 19.9. The van der Waals surface area contributed by atoms with E-state index in [-0.39, 0.29) is 18.2 Å². The molecule has 1 heterocycles. The molecule has 0 radical (unpaired) electrons. The molecule has 2 aromatic rings. The van der Waals surface area contributed by atoms with Gasteiger partial charge in [0.15, 0.2) is 5.16 Å². The number of carboxylic acids is 1. The molecule has 26 heavy (non-hydrogen) atoms. The fraction of sp³-hybridized carbons (Fsp3) is 0.368. The van der Waals surface area contributed by atoms with Crippen LogP contribution in [0.15, 0.2) is 35.5 Å². The van der Waals surface area contributed by atoms with Crippen molar-refractivity contribution in [3.05, 3.63) is 52.8 Å². The van der Waals surface area contributed by atoms with Crippen LogP contribution in [0.2, 0.25) is 0 Å². The molecule has 0 aliphatic rings. The minimum atomic E-state index is -0.919. The number of carboxylic acid groups (broad SMARTS) is 1. The summed E-state index contributed by atoms with van der Waals surface area (Å²) < 4.78 is 0. The van der Waals surface area contributed by atoms with Crippen LogP contribution in [-0.4, -0.2) is 39.2 Å². The average molecular weight is 373 g/mol. The third kappa shape index (κ3) is 6.48. The molecular weight excluding hydrogens is 350 g/mol. The zero-order chi connectivity index (χ0) is 19.1. The fourth-order valence-electron chi connectivity index (χ4n) is 2.55. The lowest BCUT2D eigenvalue weighted by atomic mass is 9.98. The van der Waals surface area contributed by atoms with Crippen molar-refractivity contribution in [2.75, 3.05) is 12.3 Å². The Morgan fingerprint density at radius 3 is 2.46 bits per heavy atom. The van der Waals surface area contributed by atoms with Gasteiger partial charge in [0.25, 0.3) is 0 Å². The van der Waals surface area contributed by atoms with E-state index < -0.39 is 11.9 Å². The van der Waals surface area contributed by atoms with Crippen LogP contribution in [0.5, 0.6) is 0 Å². The van der Waals surface area contributed by atoms with Gasteiger partial charge in [-0.05, 0) is 38.8 Å². The summed E-state index contributed by atoms with van der Waals surface area (Å²) in [6, 6.07) is 9.60. The number of hydrogen-bond donors (Lipinski definition) is 2. The predicted octanol–water partition coefficient (Wildman–Crippen LogP) is 2.55. The molecule has 1 aromatic heterocycles. The summed E-state index contributed by atoms with van der Waals surface area (Å²) in [5.41, 5.74) is 3.74. The van der Waals surface area contributed by atoms with E-state index in [1.807, 2.05) is 51.1 Å². The molecule has 0 saturated carbocycles. The van der Waals surface area contributed by atoms with E-state index in [0.29, 0.717) is 11.6 Å². The molecule has 1 unspecified atom stereocenters. The van der Waals surface area contributed by atoms with E-state index >= 15 is 0 Å². The van der Waals surface area contributed by atoms with Crippen LogP contribution in [0, 0.1) is 26.7 Å². The summed E-state index contributed by atoms with van der Waals surface area (Å²) in [5.74, 6) is -1.66. The smallest absolute Gasteiger partial charge is 0.308 e. The molecule has 2 N–H and O–H groups in total. The van der Waals surface area contributed by atoms with Crippen LogP contribution in [0.1, 0.15) is 22.5 Å². The van der Waals surface area contributed by atoms with E-state index in [4.69, 9.17) is 0 Å². The second-order valence-corrected chi connectivity index (χ2v) is 7.20. The van der Waals surface area contributed by atoms with E-state index in [2.05, 4.69) is 15.3 Å². The van der Waals surface area contributed by atoms with E-state index in [1.165, 1.54) is 11.8 Å². The van der Waals surface area contributed by atoms with Crippen molar-refractivity contribution in [2.24, 2.45) is 5.92 Å². The highest BCUT2D eigenvalue weighted by Gasteiger charge is 2.19. The first-order valence-corrected chi connectivity index (χ1v) is 9.32. The molecule has 6 nitrogen and oxygen atoms in total. The number of thioether (sulfide) groups is 1. The standard InChI is InChI=1S/C19H23N3O3S/c1-12-5-4-6-15(7-12)9-16(18(24)25)10-20-17(23)11-26-19-21-13(2)8-14(3)22-19/h4-8,16H,9-11H2,1-3H3,(H,20,23)(H,24,25). The maximum Gasteiger partial charge on any atom is 0.308 e. The molecular formula is C19H23N3O3S. The Bertz CT molecular complexity index is 775. The van der Waals surface area contributed by atoms with Crippen molar-refractivity contribution < 1.29 is 14.7 Å². The molecule has 0 aliphatic carbocycles. The first-order chi connectivity index (χ1) is 12.3. The molecule has 138 valence electrons. The second-order valence-electron chi connectivity index (χ2n) is 6.25. The Hall–Kier alpha value is -2.41. The van der Waals surface area contributed by atoms with E-state index in [0.717, 1.165) is 22.5 Å². The van der Waals surface area contributed by atoms with Gasteiger partial charge in [-0.25, -0.2) is 9.97 Å². The zero-order valence-electron chi connectivity index (χ0n) is 15.2. The summed E-state index contributed by atoms with van der Waals surface area (Å²) in [6.07, 6.45) is 0.380. The van der Waals surface area contributed by atoms with Gasteiger partial charge in [-0.2, -0.15) is 0 Å². The number of amides is 1. The van der Waals surface area contributed by atoms with Crippen molar-refractivity contribution >= 4 is 23.6 Å². The molecule has 0 spiro atoms. The number of aryl methyl sites for hydroxylation is 3. The summed E-state index contributed by atoms with van der Waals surface area (Å²) in [7, 11) is 0. The molecule has 0 saturated heterocycles. The van der Waals surface area contributed by atoms with Crippen LogP contribution in [-0.2, 0) is 16.0 Å². The van der Waals surface area contributed by atoms with E-state index in [9.17, 15) is 14.7 Å². The molecule has 1 amide bonds. The van der Waals surface area contributed by atoms with Crippen molar-refractivity contribution in [1.82, 2.24) is 15.3 Å². The fourth-order valence-corrected chi connectivity index (χ4v) is 3.33. The SMILES string of the molecule is Cc1cccc(CC(CNC(=O)CSc2nc(C)cc(C)n2)C(=O)O)c1. The van der Waals surface area contributed by atoms with Gasteiger partial charge < -0.3 is 10.4 Å². The van der Waals surface area contributed by atoms with Crippen LogP contribution < -0.4 is 5.32 Å². The minimum Gasteiger partial charge on any atom is -0.481 e. The molecule has 0 aliphatic heterocycles. The van der Waals surface area contributed by atoms with Crippen molar-refractivity contribution in [3.63, 3.8) is 0 Å². The van der Waals surface area contributed by atoms with Crippen LogP contribution in [0.25, 0.3) is 0 Å². The van der Waals surface area contributed by atoms with Gasteiger partial charge in [0.05, 0.1) is 11.7 Å². The maximum absolute atomic E-state index is 12.0. The Balaban J connectivity index is 1.85. The molecule has 7 heteroatoms. The maximum atomic E-state index is 12.0. The average Bonchev–Trinajstić information content (AvgIpc) is 2.55. The number of benzene rings is 1. The predicted molar refractivity (Wildman–Crippen MR) is 101 cm³/mol. The summed E-state index contributed by atoms with van der Waals surface area (Å²) in [6.45, 7) is 5.81.